The number of nitrogens with one attached hydrogen (secondary N) is 1. The molecule has 1 N–H and O–H groups in total. The van der Waals surface area contributed by atoms with Crippen molar-refractivity contribution in [1.82, 2.24) is 0 Å². The van der Waals surface area contributed by atoms with Crippen LogP contribution in [0, 0.1) is 5.82 Å². The second-order valence-electron chi connectivity index (χ2n) is 9.19. The summed E-state index contributed by atoms with van der Waals surface area (Å²) < 4.78 is 25.5. The lowest BCUT2D eigenvalue weighted by Crippen LogP contribution is -2.41. The van der Waals surface area contributed by atoms with Crippen LogP contribution >= 0.6 is 11.6 Å². The van der Waals surface area contributed by atoms with Gasteiger partial charge in [0.25, 0.3) is 11.8 Å². The van der Waals surface area contributed by atoms with Crippen LogP contribution in [0.2, 0.25) is 5.02 Å². The van der Waals surface area contributed by atoms with Crippen LogP contribution < -0.4 is 19.7 Å². The first-order valence-electron chi connectivity index (χ1n) is 11.2. The number of amides is 2. The zero-order chi connectivity index (χ0) is 25.2. The van der Waals surface area contributed by atoms with E-state index in [0.29, 0.717) is 22.9 Å². The summed E-state index contributed by atoms with van der Waals surface area (Å²) in [4.78, 5) is 26.8. The van der Waals surface area contributed by atoms with Crippen molar-refractivity contribution in [2.24, 2.45) is 0 Å². The second-order valence-corrected chi connectivity index (χ2v) is 9.60. The fourth-order valence-corrected chi connectivity index (χ4v) is 3.99. The number of ether oxygens (including phenoxy) is 2. The van der Waals surface area contributed by atoms with E-state index in [2.05, 4.69) is 26.1 Å². The Morgan fingerprint density at radius 3 is 2.57 bits per heavy atom. The number of hydrogen-bond donors (Lipinski definition) is 1. The minimum absolute atomic E-state index is 0.00767. The van der Waals surface area contributed by atoms with E-state index in [-0.39, 0.29) is 41.7 Å². The van der Waals surface area contributed by atoms with Gasteiger partial charge in [0.15, 0.2) is 6.61 Å². The topological polar surface area (TPSA) is 67.9 Å². The van der Waals surface area contributed by atoms with Crippen LogP contribution in [0.15, 0.2) is 60.7 Å². The van der Waals surface area contributed by atoms with E-state index in [9.17, 15) is 14.0 Å². The molecule has 0 saturated heterocycles. The van der Waals surface area contributed by atoms with Gasteiger partial charge in [-0.2, -0.15) is 0 Å². The predicted molar refractivity (Wildman–Crippen MR) is 134 cm³/mol. The van der Waals surface area contributed by atoms with Gasteiger partial charge in [-0.15, -0.1) is 0 Å². The molecule has 8 heteroatoms. The molecule has 0 radical (unpaired) electrons. The molecule has 0 unspecified atom stereocenters. The van der Waals surface area contributed by atoms with Crippen molar-refractivity contribution in [2.75, 3.05) is 30.0 Å². The maximum atomic E-state index is 14.1. The Morgan fingerprint density at radius 2 is 1.89 bits per heavy atom. The normalized spacial score (nSPS) is 13.2. The second kappa shape index (κ2) is 9.96. The molecule has 3 aromatic rings. The van der Waals surface area contributed by atoms with Crippen LogP contribution in [0.5, 0.6) is 11.5 Å². The summed E-state index contributed by atoms with van der Waals surface area (Å²) in [6.45, 7) is 6.89. The molecule has 0 spiro atoms. The smallest absolute Gasteiger partial charge is 0.265 e. The van der Waals surface area contributed by atoms with Crippen LogP contribution in [-0.4, -0.2) is 31.6 Å². The highest BCUT2D eigenvalue weighted by atomic mass is 35.5. The lowest BCUT2D eigenvalue weighted by molar-refractivity contribution is -0.121. The van der Waals surface area contributed by atoms with Gasteiger partial charge in [0.05, 0.1) is 22.8 Å². The van der Waals surface area contributed by atoms with Crippen molar-refractivity contribution < 1.29 is 23.5 Å². The van der Waals surface area contributed by atoms with Gasteiger partial charge >= 0.3 is 0 Å². The largest absolute Gasteiger partial charge is 0.492 e. The number of benzene rings is 3. The summed E-state index contributed by atoms with van der Waals surface area (Å²) in [6, 6.07) is 16.8. The molecule has 182 valence electrons. The number of hydrogen-bond acceptors (Lipinski definition) is 4. The number of fused-ring (bicyclic) bond motifs is 1. The molecule has 0 saturated carbocycles. The number of nitrogens with zero attached hydrogens (tertiary/aromatic N) is 1. The third-order valence-corrected chi connectivity index (χ3v) is 5.97. The van der Waals surface area contributed by atoms with Crippen molar-refractivity contribution in [3.63, 3.8) is 0 Å². The molecule has 6 nitrogen and oxygen atoms in total. The lowest BCUT2D eigenvalue weighted by Gasteiger charge is -2.29. The van der Waals surface area contributed by atoms with Crippen LogP contribution in [-0.2, 0) is 10.2 Å². The molecule has 1 heterocycles. The number of carbonyl (C=O) groups is 2. The highest BCUT2D eigenvalue weighted by Gasteiger charge is 2.26. The fraction of sp³-hybridized carbons (Fsp3) is 0.259. The van der Waals surface area contributed by atoms with Crippen LogP contribution in [0.1, 0.15) is 36.7 Å². The van der Waals surface area contributed by atoms with Crippen LogP contribution in [0.3, 0.4) is 0 Å². The van der Waals surface area contributed by atoms with Crippen molar-refractivity contribution >= 4 is 34.8 Å². The molecule has 1 aliphatic rings. The van der Waals surface area contributed by atoms with Gasteiger partial charge in [0.2, 0.25) is 0 Å². The molecule has 0 atom stereocenters. The zero-order valence-electron chi connectivity index (χ0n) is 19.7. The maximum absolute atomic E-state index is 14.1. The van der Waals surface area contributed by atoms with E-state index < -0.39 is 11.7 Å². The third-order valence-electron chi connectivity index (χ3n) is 5.65. The Kier molecular flexibility index (Phi) is 6.98. The minimum Gasteiger partial charge on any atom is -0.492 e. The van der Waals surface area contributed by atoms with Gasteiger partial charge in [0.1, 0.15) is 23.9 Å². The van der Waals surface area contributed by atoms with Crippen LogP contribution in [0.25, 0.3) is 0 Å². The Labute approximate surface area is 208 Å². The average molecular weight is 497 g/mol. The highest BCUT2D eigenvalue weighted by Crippen LogP contribution is 2.35. The van der Waals surface area contributed by atoms with Gasteiger partial charge < -0.3 is 19.7 Å². The van der Waals surface area contributed by atoms with Crippen molar-refractivity contribution in [1.29, 1.82) is 0 Å². The van der Waals surface area contributed by atoms with Crippen LogP contribution in [0.4, 0.5) is 15.8 Å². The first-order valence-corrected chi connectivity index (χ1v) is 11.6. The zero-order valence-corrected chi connectivity index (χ0v) is 20.5. The average Bonchev–Trinajstić information content (AvgIpc) is 2.80. The molecule has 0 aromatic heterocycles. The van der Waals surface area contributed by atoms with Gasteiger partial charge in [-0.1, -0.05) is 50.6 Å². The van der Waals surface area contributed by atoms with Crippen molar-refractivity contribution in [3.05, 3.63) is 82.6 Å². The summed E-state index contributed by atoms with van der Waals surface area (Å²) in [5.41, 5.74) is 1.86. The molecule has 0 fully saturated rings. The quantitative estimate of drug-likeness (QED) is 0.466. The first kappa shape index (κ1) is 24.5. The molecular weight excluding hydrogens is 471 g/mol. The Hall–Kier alpha value is -3.58. The monoisotopic (exact) mass is 496 g/mol. The summed E-state index contributed by atoms with van der Waals surface area (Å²) in [5.74, 6) is -0.432. The fourth-order valence-electron chi connectivity index (χ4n) is 3.74. The van der Waals surface area contributed by atoms with Gasteiger partial charge in [-0.3, -0.25) is 9.59 Å². The summed E-state index contributed by atoms with van der Waals surface area (Å²) in [6.07, 6.45) is 0. The number of rotatable bonds is 6. The molecule has 0 aliphatic carbocycles. The highest BCUT2D eigenvalue weighted by molar-refractivity contribution is 6.34. The summed E-state index contributed by atoms with van der Waals surface area (Å²) in [7, 11) is 0. The molecular formula is C27H26ClFN2O4. The molecule has 0 bridgehead atoms. The Bertz CT molecular complexity index is 1230. The standard InChI is InChI=1S/C27H26ClFN2O4/c1-27(2,3)17-7-10-19(11-8-17)34-14-13-31-22-15-18(9-12-23(22)35-16-24(31)32)30-26(33)25-20(28)5-4-6-21(25)29/h4-12,15H,13-14,16H2,1-3H3,(H,30,33). The molecule has 4 rings (SSSR count). The molecule has 3 aromatic carbocycles. The Balaban J connectivity index is 1.46. The van der Waals surface area contributed by atoms with E-state index in [4.69, 9.17) is 21.1 Å². The SMILES string of the molecule is CC(C)(C)c1ccc(OCCN2C(=O)COc3ccc(NC(=O)c4c(F)cccc4Cl)cc32)cc1. The minimum atomic E-state index is -0.722. The van der Waals surface area contributed by atoms with E-state index in [1.165, 1.54) is 23.8 Å². The van der Waals surface area contributed by atoms with Gasteiger partial charge in [-0.05, 0) is 53.4 Å². The van der Waals surface area contributed by atoms with Gasteiger partial charge in [0, 0.05) is 5.69 Å². The Morgan fingerprint density at radius 1 is 1.14 bits per heavy atom. The molecule has 35 heavy (non-hydrogen) atoms. The number of anilines is 2. The van der Waals surface area contributed by atoms with Crippen molar-refractivity contribution in [3.8, 4) is 11.5 Å². The van der Waals surface area contributed by atoms with Crippen molar-refractivity contribution in [2.45, 2.75) is 26.2 Å². The lowest BCUT2D eigenvalue weighted by atomic mass is 9.87. The number of halogens is 2. The number of carbonyl (C=O) groups excluding carboxylic acids is 2. The maximum Gasteiger partial charge on any atom is 0.265 e. The third kappa shape index (κ3) is 5.57. The molecule has 2 amide bonds. The summed E-state index contributed by atoms with van der Waals surface area (Å²) in [5, 5.41) is 2.64. The van der Waals surface area contributed by atoms with E-state index >= 15 is 0 Å². The van der Waals surface area contributed by atoms with E-state index in [1.54, 1.807) is 23.1 Å². The van der Waals surface area contributed by atoms with E-state index in [0.717, 1.165) is 0 Å². The van der Waals surface area contributed by atoms with E-state index in [1.807, 2.05) is 24.3 Å². The molecule has 1 aliphatic heterocycles. The van der Waals surface area contributed by atoms with Gasteiger partial charge in [-0.25, -0.2) is 4.39 Å². The first-order chi connectivity index (χ1) is 16.6. The predicted octanol–water partition coefficient (Wildman–Crippen LogP) is 5.83. The summed E-state index contributed by atoms with van der Waals surface area (Å²) >= 11 is 6.00.